The van der Waals surface area contributed by atoms with Crippen LogP contribution in [0.25, 0.3) is 0 Å². The molecule has 1 unspecified atom stereocenters. The predicted molar refractivity (Wildman–Crippen MR) is 75.0 cm³/mol. The highest BCUT2D eigenvalue weighted by Gasteiger charge is 2.29. The van der Waals surface area contributed by atoms with E-state index in [0.717, 1.165) is 24.0 Å². The third-order valence-electron chi connectivity index (χ3n) is 3.52. The number of amides is 2. The number of nitrogens with zero attached hydrogens (tertiary/aromatic N) is 1. The number of rotatable bonds is 5. The number of hydrogen-bond donors (Lipinski definition) is 2. The SMILES string of the molecule is O=CN1CCCC1C(=O)NCc1cc(Cl)ccc1CO. The highest BCUT2D eigenvalue weighted by atomic mass is 35.5. The maximum Gasteiger partial charge on any atom is 0.243 e. The van der Waals surface area contributed by atoms with E-state index in [9.17, 15) is 14.7 Å². The minimum absolute atomic E-state index is 0.105. The molecule has 5 nitrogen and oxygen atoms in total. The van der Waals surface area contributed by atoms with Gasteiger partial charge in [-0.25, -0.2) is 0 Å². The first-order chi connectivity index (χ1) is 9.65. The van der Waals surface area contributed by atoms with Crippen molar-refractivity contribution in [2.45, 2.75) is 32.0 Å². The van der Waals surface area contributed by atoms with Crippen molar-refractivity contribution >= 4 is 23.9 Å². The quantitative estimate of drug-likeness (QED) is 0.799. The molecule has 1 atom stereocenters. The first-order valence-electron chi connectivity index (χ1n) is 6.52. The van der Waals surface area contributed by atoms with Gasteiger partial charge in [0.2, 0.25) is 12.3 Å². The molecule has 2 rings (SSSR count). The van der Waals surface area contributed by atoms with Crippen molar-refractivity contribution < 1.29 is 14.7 Å². The number of nitrogens with one attached hydrogen (secondary N) is 1. The topological polar surface area (TPSA) is 69.6 Å². The lowest BCUT2D eigenvalue weighted by Crippen LogP contribution is -2.42. The van der Waals surface area contributed by atoms with Crippen molar-refractivity contribution in [3.8, 4) is 0 Å². The van der Waals surface area contributed by atoms with Gasteiger partial charge in [-0.3, -0.25) is 9.59 Å². The Morgan fingerprint density at radius 2 is 2.30 bits per heavy atom. The number of likely N-dealkylation sites (tertiary alicyclic amines) is 1. The summed E-state index contributed by atoms with van der Waals surface area (Å²) >= 11 is 5.91. The maximum atomic E-state index is 12.1. The molecule has 2 N–H and O–H groups in total. The number of benzene rings is 1. The van der Waals surface area contributed by atoms with Crippen LogP contribution in [-0.4, -0.2) is 34.9 Å². The number of carbonyl (C=O) groups is 2. The molecule has 1 saturated heterocycles. The largest absolute Gasteiger partial charge is 0.392 e. The smallest absolute Gasteiger partial charge is 0.243 e. The summed E-state index contributed by atoms with van der Waals surface area (Å²) < 4.78 is 0. The Labute approximate surface area is 122 Å². The average molecular weight is 297 g/mol. The summed E-state index contributed by atoms with van der Waals surface area (Å²) in [4.78, 5) is 24.4. The Bertz CT molecular complexity index is 507. The van der Waals surface area contributed by atoms with Crippen LogP contribution in [0.1, 0.15) is 24.0 Å². The van der Waals surface area contributed by atoms with E-state index in [0.29, 0.717) is 24.5 Å². The lowest BCUT2D eigenvalue weighted by molar-refractivity contribution is -0.131. The van der Waals surface area contributed by atoms with Crippen LogP contribution in [0.2, 0.25) is 5.02 Å². The molecular formula is C14H17ClN2O3. The second-order valence-corrected chi connectivity index (χ2v) is 5.23. The lowest BCUT2D eigenvalue weighted by Gasteiger charge is -2.19. The summed E-state index contributed by atoms with van der Waals surface area (Å²) in [5.74, 6) is -0.168. The van der Waals surface area contributed by atoms with Crippen molar-refractivity contribution in [2.24, 2.45) is 0 Å². The van der Waals surface area contributed by atoms with Crippen LogP contribution in [0.3, 0.4) is 0 Å². The Balaban J connectivity index is 1.99. The maximum absolute atomic E-state index is 12.1. The normalized spacial score (nSPS) is 18.1. The number of halogens is 1. The van der Waals surface area contributed by atoms with E-state index >= 15 is 0 Å². The second kappa shape index (κ2) is 6.72. The molecule has 0 aliphatic carbocycles. The van der Waals surface area contributed by atoms with Crippen LogP contribution in [0.5, 0.6) is 0 Å². The molecule has 0 radical (unpaired) electrons. The number of carbonyl (C=O) groups excluding carboxylic acids is 2. The molecule has 0 saturated carbocycles. The van der Waals surface area contributed by atoms with E-state index in [-0.39, 0.29) is 18.6 Å². The Kier molecular flexibility index (Phi) is 4.98. The minimum Gasteiger partial charge on any atom is -0.392 e. The van der Waals surface area contributed by atoms with E-state index in [1.54, 1.807) is 18.2 Å². The Morgan fingerprint density at radius 3 is 3.00 bits per heavy atom. The van der Waals surface area contributed by atoms with Crippen LogP contribution in [0.15, 0.2) is 18.2 Å². The summed E-state index contributed by atoms with van der Waals surface area (Å²) in [6.45, 7) is 0.811. The fraction of sp³-hybridized carbons (Fsp3) is 0.429. The van der Waals surface area contributed by atoms with Gasteiger partial charge in [-0.15, -0.1) is 0 Å². The first-order valence-corrected chi connectivity index (χ1v) is 6.90. The van der Waals surface area contributed by atoms with Crippen LogP contribution in [0.4, 0.5) is 0 Å². The molecule has 20 heavy (non-hydrogen) atoms. The van der Waals surface area contributed by atoms with Crippen LogP contribution < -0.4 is 5.32 Å². The van der Waals surface area contributed by atoms with E-state index in [1.807, 2.05) is 0 Å². The molecule has 1 aliphatic heterocycles. The summed E-state index contributed by atoms with van der Waals surface area (Å²) in [6.07, 6.45) is 2.25. The highest BCUT2D eigenvalue weighted by Crippen LogP contribution is 2.18. The molecule has 1 heterocycles. The minimum atomic E-state index is -0.385. The van der Waals surface area contributed by atoms with Crippen molar-refractivity contribution in [3.05, 3.63) is 34.3 Å². The Morgan fingerprint density at radius 1 is 1.50 bits per heavy atom. The van der Waals surface area contributed by atoms with Crippen LogP contribution in [-0.2, 0) is 22.7 Å². The molecule has 1 aromatic carbocycles. The summed E-state index contributed by atoms with van der Waals surface area (Å²) in [5, 5.41) is 12.6. The second-order valence-electron chi connectivity index (χ2n) is 4.79. The lowest BCUT2D eigenvalue weighted by atomic mass is 10.1. The molecule has 0 spiro atoms. The van der Waals surface area contributed by atoms with Gasteiger partial charge in [-0.1, -0.05) is 17.7 Å². The van der Waals surface area contributed by atoms with Crippen molar-refractivity contribution in [3.63, 3.8) is 0 Å². The van der Waals surface area contributed by atoms with E-state index in [1.165, 1.54) is 4.90 Å². The molecule has 1 aliphatic rings. The average Bonchev–Trinajstić information content (AvgIpc) is 2.93. The van der Waals surface area contributed by atoms with Gasteiger partial charge >= 0.3 is 0 Å². The van der Waals surface area contributed by atoms with Gasteiger partial charge in [0.05, 0.1) is 6.61 Å². The van der Waals surface area contributed by atoms with Gasteiger partial charge < -0.3 is 15.3 Å². The molecule has 0 bridgehead atoms. The van der Waals surface area contributed by atoms with Gasteiger partial charge in [0.25, 0.3) is 0 Å². The number of aliphatic hydroxyl groups excluding tert-OH is 1. The third kappa shape index (κ3) is 3.29. The third-order valence-corrected chi connectivity index (χ3v) is 3.76. The van der Waals surface area contributed by atoms with E-state index in [2.05, 4.69) is 5.32 Å². The van der Waals surface area contributed by atoms with Gasteiger partial charge in [0.15, 0.2) is 0 Å². The highest BCUT2D eigenvalue weighted by molar-refractivity contribution is 6.30. The van der Waals surface area contributed by atoms with Gasteiger partial charge in [-0.05, 0) is 36.1 Å². The Hall–Kier alpha value is -1.59. The van der Waals surface area contributed by atoms with Crippen LogP contribution >= 0.6 is 11.6 Å². The van der Waals surface area contributed by atoms with Crippen molar-refractivity contribution in [2.75, 3.05) is 6.54 Å². The fourth-order valence-corrected chi connectivity index (χ4v) is 2.60. The van der Waals surface area contributed by atoms with E-state index < -0.39 is 0 Å². The summed E-state index contributed by atoms with van der Waals surface area (Å²) in [7, 11) is 0. The van der Waals surface area contributed by atoms with E-state index in [4.69, 9.17) is 11.6 Å². The first kappa shape index (κ1) is 14.8. The molecule has 2 amide bonds. The summed E-state index contributed by atoms with van der Waals surface area (Å²) in [6, 6.07) is 4.77. The van der Waals surface area contributed by atoms with Gasteiger partial charge in [0.1, 0.15) is 6.04 Å². The molecule has 108 valence electrons. The zero-order chi connectivity index (χ0) is 14.5. The number of aliphatic hydroxyl groups is 1. The summed E-state index contributed by atoms with van der Waals surface area (Å²) in [5.41, 5.74) is 1.51. The standard InChI is InChI=1S/C14H17ClN2O3/c15-12-4-3-10(8-18)11(6-12)7-16-14(20)13-2-1-5-17(13)9-19/h3-4,6,9,13,18H,1-2,5,7-8H2,(H,16,20). The zero-order valence-electron chi connectivity index (χ0n) is 11.0. The monoisotopic (exact) mass is 296 g/mol. The molecular weight excluding hydrogens is 280 g/mol. The number of hydrogen-bond acceptors (Lipinski definition) is 3. The van der Waals surface area contributed by atoms with Gasteiger partial charge in [-0.2, -0.15) is 0 Å². The van der Waals surface area contributed by atoms with Crippen molar-refractivity contribution in [1.29, 1.82) is 0 Å². The van der Waals surface area contributed by atoms with Crippen molar-refractivity contribution in [1.82, 2.24) is 10.2 Å². The fourth-order valence-electron chi connectivity index (χ4n) is 2.41. The molecule has 1 aromatic rings. The predicted octanol–water partition coefficient (Wildman–Crippen LogP) is 1.07. The molecule has 1 fully saturated rings. The van der Waals surface area contributed by atoms with Gasteiger partial charge in [0, 0.05) is 18.1 Å². The molecule has 0 aromatic heterocycles. The zero-order valence-corrected chi connectivity index (χ0v) is 11.8. The van der Waals surface area contributed by atoms with Crippen LogP contribution in [0, 0.1) is 0 Å². The molecule has 6 heteroatoms.